The lowest BCUT2D eigenvalue weighted by Gasteiger charge is -2.04. The van der Waals surface area contributed by atoms with E-state index >= 15 is 0 Å². The molecule has 0 unspecified atom stereocenters. The van der Waals surface area contributed by atoms with E-state index in [0.29, 0.717) is 0 Å². The van der Waals surface area contributed by atoms with Crippen molar-refractivity contribution >= 4 is 0 Å². The second kappa shape index (κ2) is 20.0. The number of rotatable bonds is 18. The summed E-state index contributed by atoms with van der Waals surface area (Å²) in [6, 6.07) is 0. The van der Waals surface area contributed by atoms with E-state index < -0.39 is 0 Å². The minimum Gasteiger partial charge on any atom is -0.376 e. The van der Waals surface area contributed by atoms with Crippen LogP contribution in [0.1, 0.15) is 117 Å². The molecule has 0 amide bonds. The van der Waals surface area contributed by atoms with Gasteiger partial charge < -0.3 is 4.74 Å². The van der Waals surface area contributed by atoms with Crippen LogP contribution >= 0.6 is 0 Å². The van der Waals surface area contributed by atoms with Crippen molar-refractivity contribution in [3.8, 4) is 0 Å². The molecular weight excluding hydrogens is 256 g/mol. The van der Waals surface area contributed by atoms with Crippen molar-refractivity contribution in [2.24, 2.45) is 0 Å². The van der Waals surface area contributed by atoms with E-state index in [1.807, 2.05) is 6.61 Å². The third kappa shape index (κ3) is 20.0. The van der Waals surface area contributed by atoms with Crippen molar-refractivity contribution in [1.29, 1.82) is 0 Å². The first-order chi connectivity index (χ1) is 10.4. The van der Waals surface area contributed by atoms with Gasteiger partial charge in [0.1, 0.15) is 0 Å². The van der Waals surface area contributed by atoms with Crippen molar-refractivity contribution in [3.63, 3.8) is 0 Å². The van der Waals surface area contributed by atoms with Crippen LogP contribution in [-0.4, -0.2) is 6.61 Å². The second-order valence-electron chi connectivity index (χ2n) is 6.42. The zero-order valence-electron chi connectivity index (χ0n) is 15.0. The van der Waals surface area contributed by atoms with Gasteiger partial charge in [-0.05, 0) is 12.8 Å². The first-order valence-electron chi connectivity index (χ1n) is 9.85. The van der Waals surface area contributed by atoms with Gasteiger partial charge in [-0.25, -0.2) is 0 Å². The van der Waals surface area contributed by atoms with Gasteiger partial charge in [0.15, 0.2) is 0 Å². The normalized spacial score (nSPS) is 11.1. The summed E-state index contributed by atoms with van der Waals surface area (Å²) in [4.78, 5) is 0. The Hall–Kier alpha value is -0.0400. The molecule has 1 nitrogen and oxygen atoms in total. The Bertz CT molecular complexity index is 149. The molecule has 0 aliphatic carbocycles. The van der Waals surface area contributed by atoms with Gasteiger partial charge in [-0.3, -0.25) is 0 Å². The fraction of sp³-hybridized carbons (Fsp3) is 0.950. The van der Waals surface area contributed by atoms with Crippen LogP contribution in [0.5, 0.6) is 0 Å². The molecule has 1 heteroatoms. The summed E-state index contributed by atoms with van der Waals surface area (Å²) in [5.74, 6) is 0. The van der Waals surface area contributed by atoms with Gasteiger partial charge >= 0.3 is 0 Å². The van der Waals surface area contributed by atoms with Gasteiger partial charge in [-0.15, -0.1) is 0 Å². The summed E-state index contributed by atoms with van der Waals surface area (Å²) < 4.78 is 5.55. The van der Waals surface area contributed by atoms with Crippen LogP contribution in [0.4, 0.5) is 0 Å². The molecule has 0 fully saturated rings. The SMILES string of the molecule is CCCCC[CH]OCCCCCCCCCCCCCC. The van der Waals surface area contributed by atoms with Gasteiger partial charge in [0.25, 0.3) is 0 Å². The lowest BCUT2D eigenvalue weighted by atomic mass is 10.1. The molecule has 1 radical (unpaired) electrons. The standard InChI is InChI=1S/C20H41O/c1-3-5-7-9-10-11-12-13-14-15-16-18-20-21-19-17-8-6-4-2/h19H,3-18,20H2,1-2H3. The maximum atomic E-state index is 5.55. The molecule has 0 bridgehead atoms. The van der Waals surface area contributed by atoms with Crippen molar-refractivity contribution < 1.29 is 4.74 Å². The molecular formula is C20H41O. The number of hydrogen-bond acceptors (Lipinski definition) is 1. The second-order valence-corrected chi connectivity index (χ2v) is 6.42. The van der Waals surface area contributed by atoms with Crippen LogP contribution in [0, 0.1) is 6.61 Å². The molecule has 0 aliphatic rings. The van der Waals surface area contributed by atoms with E-state index in [1.54, 1.807) is 0 Å². The number of unbranched alkanes of at least 4 members (excludes halogenated alkanes) is 14. The van der Waals surface area contributed by atoms with E-state index in [0.717, 1.165) is 13.0 Å². The van der Waals surface area contributed by atoms with Crippen molar-refractivity contribution in [1.82, 2.24) is 0 Å². The van der Waals surface area contributed by atoms with Gasteiger partial charge in [0.05, 0.1) is 6.61 Å². The minimum absolute atomic E-state index is 0.934. The summed E-state index contributed by atoms with van der Waals surface area (Å²) >= 11 is 0. The number of ether oxygens (including phenoxy) is 1. The Morgan fingerprint density at radius 2 is 0.952 bits per heavy atom. The van der Waals surface area contributed by atoms with E-state index in [-0.39, 0.29) is 0 Å². The summed E-state index contributed by atoms with van der Waals surface area (Å²) in [5, 5.41) is 0. The van der Waals surface area contributed by atoms with Crippen LogP contribution in [0.2, 0.25) is 0 Å². The fourth-order valence-corrected chi connectivity index (χ4v) is 2.67. The maximum absolute atomic E-state index is 5.55. The quantitative estimate of drug-likeness (QED) is 0.239. The molecule has 0 N–H and O–H groups in total. The Labute approximate surface area is 135 Å². The highest BCUT2D eigenvalue weighted by atomic mass is 16.5. The predicted molar refractivity (Wildman–Crippen MR) is 95.5 cm³/mol. The monoisotopic (exact) mass is 297 g/mol. The molecule has 0 saturated heterocycles. The third-order valence-corrected chi connectivity index (χ3v) is 4.16. The Balaban J connectivity index is 2.90. The minimum atomic E-state index is 0.934. The van der Waals surface area contributed by atoms with Crippen LogP contribution in [-0.2, 0) is 4.74 Å². The van der Waals surface area contributed by atoms with Crippen molar-refractivity contribution in [2.75, 3.05) is 6.61 Å². The molecule has 0 spiro atoms. The molecule has 0 atom stereocenters. The Morgan fingerprint density at radius 1 is 0.524 bits per heavy atom. The van der Waals surface area contributed by atoms with Gasteiger partial charge in [-0.2, -0.15) is 0 Å². The van der Waals surface area contributed by atoms with E-state index in [9.17, 15) is 0 Å². The predicted octanol–water partition coefficient (Wildman–Crippen LogP) is 7.45. The molecule has 0 aromatic rings. The molecule has 0 rings (SSSR count). The number of hydrogen-bond donors (Lipinski definition) is 0. The lowest BCUT2D eigenvalue weighted by molar-refractivity contribution is 0.184. The average Bonchev–Trinajstić information content (AvgIpc) is 2.50. The van der Waals surface area contributed by atoms with Gasteiger partial charge in [0, 0.05) is 6.61 Å². The maximum Gasteiger partial charge on any atom is 0.0836 e. The summed E-state index contributed by atoms with van der Waals surface area (Å²) in [6.07, 6.45) is 22.0. The third-order valence-electron chi connectivity index (χ3n) is 4.16. The highest BCUT2D eigenvalue weighted by Gasteiger charge is 1.94. The van der Waals surface area contributed by atoms with Crippen molar-refractivity contribution in [2.45, 2.75) is 117 Å². The highest BCUT2D eigenvalue weighted by molar-refractivity contribution is 4.52. The average molecular weight is 298 g/mol. The molecule has 0 saturated carbocycles. The van der Waals surface area contributed by atoms with Crippen LogP contribution in [0.25, 0.3) is 0 Å². The van der Waals surface area contributed by atoms with Gasteiger partial charge in [-0.1, -0.05) is 104 Å². The lowest BCUT2D eigenvalue weighted by Crippen LogP contribution is -1.92. The first kappa shape index (κ1) is 21.0. The largest absolute Gasteiger partial charge is 0.376 e. The van der Waals surface area contributed by atoms with E-state index in [1.165, 1.54) is 96.3 Å². The molecule has 21 heavy (non-hydrogen) atoms. The molecule has 0 aliphatic heterocycles. The van der Waals surface area contributed by atoms with Crippen LogP contribution in [0.3, 0.4) is 0 Å². The molecule has 0 heterocycles. The van der Waals surface area contributed by atoms with Crippen LogP contribution in [0.15, 0.2) is 0 Å². The zero-order valence-corrected chi connectivity index (χ0v) is 15.0. The smallest absolute Gasteiger partial charge is 0.0836 e. The van der Waals surface area contributed by atoms with E-state index in [4.69, 9.17) is 4.74 Å². The summed E-state index contributed by atoms with van der Waals surface area (Å²) in [6.45, 7) is 7.49. The van der Waals surface area contributed by atoms with E-state index in [2.05, 4.69) is 13.8 Å². The summed E-state index contributed by atoms with van der Waals surface area (Å²) in [7, 11) is 0. The fourth-order valence-electron chi connectivity index (χ4n) is 2.67. The molecule has 0 aromatic heterocycles. The van der Waals surface area contributed by atoms with Crippen molar-refractivity contribution in [3.05, 3.63) is 6.61 Å². The molecule has 127 valence electrons. The topological polar surface area (TPSA) is 9.23 Å². The first-order valence-corrected chi connectivity index (χ1v) is 9.85. The van der Waals surface area contributed by atoms with Gasteiger partial charge in [0.2, 0.25) is 0 Å². The van der Waals surface area contributed by atoms with Crippen LogP contribution < -0.4 is 0 Å². The molecule has 0 aromatic carbocycles. The Kier molecular flexibility index (Phi) is 19.9. The summed E-state index contributed by atoms with van der Waals surface area (Å²) in [5.41, 5.74) is 0. The Morgan fingerprint density at radius 3 is 1.48 bits per heavy atom. The highest BCUT2D eigenvalue weighted by Crippen LogP contribution is 2.12. The zero-order chi connectivity index (χ0) is 15.4.